The molecule has 0 aliphatic carbocycles. The van der Waals surface area contributed by atoms with Crippen molar-refractivity contribution >= 4 is 45.5 Å². The summed E-state index contributed by atoms with van der Waals surface area (Å²) in [7, 11) is 0. The maximum atomic E-state index is 4.86. The Bertz CT molecular complexity index is 1230. The molecule has 0 saturated carbocycles. The van der Waals surface area contributed by atoms with E-state index >= 15 is 0 Å². The Kier molecular flexibility index (Phi) is 5.19. The van der Waals surface area contributed by atoms with Crippen LogP contribution in [0, 0.1) is 0 Å². The zero-order chi connectivity index (χ0) is 19.5. The maximum absolute atomic E-state index is 4.86. The highest BCUT2D eigenvalue weighted by atomic mass is 32.2. The summed E-state index contributed by atoms with van der Waals surface area (Å²) in [6.07, 6.45) is 0. The first kappa shape index (κ1) is 18.2. The number of benzene rings is 3. The molecule has 142 valence electrons. The minimum absolute atomic E-state index is 0.735. The smallest absolute Gasteiger partial charge is 0.189 e. The van der Waals surface area contributed by atoms with E-state index < -0.39 is 0 Å². The van der Waals surface area contributed by atoms with E-state index in [-0.39, 0.29) is 0 Å². The second-order valence-corrected chi connectivity index (χ2v) is 8.50. The molecule has 0 saturated heterocycles. The second-order valence-electron chi connectivity index (χ2n) is 6.59. The number of imidazole rings is 1. The minimum atomic E-state index is 0.735. The SMILES string of the molecule is c1ccc(CSc2nc(SCc3nc4ccccc4[nH]3)c3ccccc3n2)cc1. The Morgan fingerprint density at radius 1 is 0.655 bits per heavy atom. The van der Waals surface area contributed by atoms with E-state index in [0.717, 1.165) is 49.4 Å². The monoisotopic (exact) mass is 414 g/mol. The summed E-state index contributed by atoms with van der Waals surface area (Å²) in [5.74, 6) is 2.54. The third kappa shape index (κ3) is 4.13. The van der Waals surface area contributed by atoms with Crippen molar-refractivity contribution in [1.82, 2.24) is 19.9 Å². The van der Waals surface area contributed by atoms with Gasteiger partial charge in [-0.05, 0) is 23.8 Å². The van der Waals surface area contributed by atoms with Gasteiger partial charge in [0.05, 0.1) is 22.3 Å². The van der Waals surface area contributed by atoms with Crippen LogP contribution in [0.25, 0.3) is 21.9 Å². The third-order valence-electron chi connectivity index (χ3n) is 4.54. The van der Waals surface area contributed by atoms with Gasteiger partial charge in [0.2, 0.25) is 0 Å². The summed E-state index contributed by atoms with van der Waals surface area (Å²) in [4.78, 5) is 17.7. The van der Waals surface area contributed by atoms with Crippen LogP contribution in [0.1, 0.15) is 11.4 Å². The molecule has 0 fully saturated rings. The van der Waals surface area contributed by atoms with Crippen LogP contribution in [0.3, 0.4) is 0 Å². The molecule has 2 aromatic heterocycles. The number of nitrogens with one attached hydrogen (secondary N) is 1. The highest BCUT2D eigenvalue weighted by Gasteiger charge is 2.11. The summed E-state index contributed by atoms with van der Waals surface area (Å²) in [5.41, 5.74) is 4.31. The van der Waals surface area contributed by atoms with Crippen LogP contribution < -0.4 is 0 Å². The van der Waals surface area contributed by atoms with Gasteiger partial charge in [0, 0.05) is 11.1 Å². The van der Waals surface area contributed by atoms with Gasteiger partial charge in [-0.3, -0.25) is 0 Å². The second kappa shape index (κ2) is 8.27. The lowest BCUT2D eigenvalue weighted by atomic mass is 10.2. The summed E-state index contributed by atoms with van der Waals surface area (Å²) < 4.78 is 0. The predicted molar refractivity (Wildman–Crippen MR) is 121 cm³/mol. The van der Waals surface area contributed by atoms with Crippen LogP contribution in [0.2, 0.25) is 0 Å². The Labute approximate surface area is 177 Å². The van der Waals surface area contributed by atoms with Crippen molar-refractivity contribution < 1.29 is 0 Å². The molecule has 0 unspecified atom stereocenters. The van der Waals surface area contributed by atoms with E-state index in [2.05, 4.69) is 52.4 Å². The van der Waals surface area contributed by atoms with E-state index in [0.29, 0.717) is 0 Å². The summed E-state index contributed by atoms with van der Waals surface area (Å²) in [5, 5.41) is 2.88. The first-order valence-electron chi connectivity index (χ1n) is 9.35. The lowest BCUT2D eigenvalue weighted by molar-refractivity contribution is 0.929. The fourth-order valence-corrected chi connectivity index (χ4v) is 4.89. The zero-order valence-electron chi connectivity index (χ0n) is 15.6. The van der Waals surface area contributed by atoms with Crippen LogP contribution in [0.4, 0.5) is 0 Å². The maximum Gasteiger partial charge on any atom is 0.189 e. The van der Waals surface area contributed by atoms with Gasteiger partial charge in [-0.1, -0.05) is 84.2 Å². The molecule has 6 heteroatoms. The molecule has 0 spiro atoms. The van der Waals surface area contributed by atoms with Gasteiger partial charge in [0.25, 0.3) is 0 Å². The van der Waals surface area contributed by atoms with Gasteiger partial charge in [-0.2, -0.15) is 0 Å². The normalized spacial score (nSPS) is 11.3. The minimum Gasteiger partial charge on any atom is -0.341 e. The van der Waals surface area contributed by atoms with Gasteiger partial charge in [-0.15, -0.1) is 0 Å². The molecule has 4 nitrogen and oxygen atoms in total. The van der Waals surface area contributed by atoms with Crippen molar-refractivity contribution in [3.05, 3.63) is 90.3 Å². The molecule has 0 bridgehead atoms. The summed E-state index contributed by atoms with van der Waals surface area (Å²) in [6.45, 7) is 0. The van der Waals surface area contributed by atoms with Gasteiger partial charge < -0.3 is 4.98 Å². The Morgan fingerprint density at radius 3 is 2.28 bits per heavy atom. The van der Waals surface area contributed by atoms with E-state index in [4.69, 9.17) is 9.97 Å². The summed E-state index contributed by atoms with van der Waals surface area (Å²) in [6, 6.07) is 26.7. The molecule has 1 N–H and O–H groups in total. The number of para-hydroxylation sites is 3. The standard InChI is InChI=1S/C23H18N4S2/c1-2-8-16(9-3-1)14-29-23-26-18-11-5-4-10-17(18)22(27-23)28-15-21-24-19-12-6-7-13-20(19)25-21/h1-13H,14-15H2,(H,24,25). The van der Waals surface area contributed by atoms with Crippen molar-refractivity contribution in [3.8, 4) is 0 Å². The van der Waals surface area contributed by atoms with Crippen LogP contribution in [0.15, 0.2) is 89.0 Å². The number of fused-ring (bicyclic) bond motifs is 2. The highest BCUT2D eigenvalue weighted by molar-refractivity contribution is 7.99. The molecule has 0 atom stereocenters. The van der Waals surface area contributed by atoms with E-state index in [1.807, 2.05) is 36.4 Å². The molecule has 0 aliphatic heterocycles. The van der Waals surface area contributed by atoms with E-state index in [1.54, 1.807) is 23.5 Å². The number of hydrogen-bond acceptors (Lipinski definition) is 5. The van der Waals surface area contributed by atoms with Crippen molar-refractivity contribution in [2.24, 2.45) is 0 Å². The predicted octanol–water partition coefficient (Wildman–Crippen LogP) is 6.09. The number of nitrogens with zero attached hydrogens (tertiary/aromatic N) is 3. The molecular weight excluding hydrogens is 396 g/mol. The van der Waals surface area contributed by atoms with E-state index in [9.17, 15) is 0 Å². The lowest BCUT2D eigenvalue weighted by Crippen LogP contribution is -1.94. The van der Waals surface area contributed by atoms with Crippen LogP contribution in [-0.4, -0.2) is 19.9 Å². The highest BCUT2D eigenvalue weighted by Crippen LogP contribution is 2.31. The molecule has 0 radical (unpaired) electrons. The van der Waals surface area contributed by atoms with Crippen molar-refractivity contribution in [2.75, 3.05) is 0 Å². The van der Waals surface area contributed by atoms with Crippen molar-refractivity contribution in [1.29, 1.82) is 0 Å². The molecule has 0 amide bonds. The Balaban J connectivity index is 1.40. The molecule has 3 aromatic carbocycles. The lowest BCUT2D eigenvalue weighted by Gasteiger charge is -2.08. The average Bonchev–Trinajstić information content (AvgIpc) is 3.20. The number of aromatic nitrogens is 4. The zero-order valence-corrected chi connectivity index (χ0v) is 17.2. The topological polar surface area (TPSA) is 54.5 Å². The van der Waals surface area contributed by atoms with Crippen molar-refractivity contribution in [3.63, 3.8) is 0 Å². The quantitative estimate of drug-likeness (QED) is 0.207. The fraction of sp³-hybridized carbons (Fsp3) is 0.0870. The number of thioether (sulfide) groups is 2. The molecule has 29 heavy (non-hydrogen) atoms. The molecular formula is C23H18N4S2. The van der Waals surface area contributed by atoms with Crippen LogP contribution >= 0.6 is 23.5 Å². The summed E-state index contributed by atoms with van der Waals surface area (Å²) >= 11 is 3.36. The molecule has 0 aliphatic rings. The van der Waals surface area contributed by atoms with Crippen LogP contribution in [0.5, 0.6) is 0 Å². The fourth-order valence-electron chi connectivity index (χ4n) is 3.13. The van der Waals surface area contributed by atoms with Crippen LogP contribution in [-0.2, 0) is 11.5 Å². The third-order valence-corrected chi connectivity index (χ3v) is 6.46. The first-order chi connectivity index (χ1) is 14.3. The molecule has 5 rings (SSSR count). The van der Waals surface area contributed by atoms with Gasteiger partial charge in [0.1, 0.15) is 10.9 Å². The number of hydrogen-bond donors (Lipinski definition) is 1. The number of H-pyrrole nitrogens is 1. The number of aromatic amines is 1. The van der Waals surface area contributed by atoms with E-state index in [1.165, 1.54) is 5.56 Å². The molecule has 2 heterocycles. The largest absolute Gasteiger partial charge is 0.341 e. The van der Waals surface area contributed by atoms with Gasteiger partial charge in [0.15, 0.2) is 5.16 Å². The number of rotatable bonds is 6. The van der Waals surface area contributed by atoms with Gasteiger partial charge in [-0.25, -0.2) is 15.0 Å². The first-order valence-corrected chi connectivity index (χ1v) is 11.3. The van der Waals surface area contributed by atoms with Gasteiger partial charge >= 0.3 is 0 Å². The molecule has 5 aromatic rings. The van der Waals surface area contributed by atoms with Crippen molar-refractivity contribution in [2.45, 2.75) is 21.7 Å². The average molecular weight is 415 g/mol. The Morgan fingerprint density at radius 2 is 1.41 bits per heavy atom. The Hall–Kier alpha value is -2.83.